The van der Waals surface area contributed by atoms with Crippen molar-refractivity contribution in [1.82, 2.24) is 5.32 Å². The standard InChI is InChI=1S/C14H20N2O2/c1-9(2)14(18)15-8-12(17)16-13-10(3)6-5-7-11(13)4/h5-7,9H,8H2,1-4H3,(H,15,18)(H,16,17). The lowest BCUT2D eigenvalue weighted by Crippen LogP contribution is -2.35. The first-order valence-corrected chi connectivity index (χ1v) is 6.05. The van der Waals surface area contributed by atoms with Gasteiger partial charge in [-0.15, -0.1) is 0 Å². The molecular weight excluding hydrogens is 228 g/mol. The number of nitrogens with one attached hydrogen (secondary N) is 2. The van der Waals surface area contributed by atoms with Gasteiger partial charge in [0.25, 0.3) is 0 Å². The van der Waals surface area contributed by atoms with Crippen LogP contribution in [0.15, 0.2) is 18.2 Å². The molecule has 1 rings (SSSR count). The highest BCUT2D eigenvalue weighted by molar-refractivity contribution is 5.95. The van der Waals surface area contributed by atoms with E-state index in [1.54, 1.807) is 13.8 Å². The number of rotatable bonds is 4. The molecule has 0 atom stereocenters. The minimum Gasteiger partial charge on any atom is -0.347 e. The summed E-state index contributed by atoms with van der Waals surface area (Å²) in [5.41, 5.74) is 2.85. The van der Waals surface area contributed by atoms with E-state index in [4.69, 9.17) is 0 Å². The van der Waals surface area contributed by atoms with Gasteiger partial charge in [0.05, 0.1) is 6.54 Å². The summed E-state index contributed by atoms with van der Waals surface area (Å²) in [6, 6.07) is 5.82. The van der Waals surface area contributed by atoms with E-state index in [1.807, 2.05) is 32.0 Å². The maximum absolute atomic E-state index is 11.7. The lowest BCUT2D eigenvalue weighted by Gasteiger charge is -2.12. The van der Waals surface area contributed by atoms with Crippen LogP contribution in [0.3, 0.4) is 0 Å². The molecule has 0 saturated heterocycles. The Bertz CT molecular complexity index is 433. The van der Waals surface area contributed by atoms with Crippen molar-refractivity contribution in [2.45, 2.75) is 27.7 Å². The van der Waals surface area contributed by atoms with Crippen molar-refractivity contribution in [3.8, 4) is 0 Å². The molecule has 0 bridgehead atoms. The number of benzene rings is 1. The lowest BCUT2D eigenvalue weighted by atomic mass is 10.1. The third kappa shape index (κ3) is 3.87. The van der Waals surface area contributed by atoms with Gasteiger partial charge in [-0.25, -0.2) is 0 Å². The van der Waals surface area contributed by atoms with Crippen molar-refractivity contribution in [3.05, 3.63) is 29.3 Å². The molecular formula is C14H20N2O2. The van der Waals surface area contributed by atoms with Gasteiger partial charge in [-0.2, -0.15) is 0 Å². The average molecular weight is 248 g/mol. The van der Waals surface area contributed by atoms with Crippen LogP contribution in [-0.4, -0.2) is 18.4 Å². The van der Waals surface area contributed by atoms with Crippen molar-refractivity contribution in [3.63, 3.8) is 0 Å². The van der Waals surface area contributed by atoms with Crippen LogP contribution in [0.2, 0.25) is 0 Å². The molecule has 1 aromatic carbocycles. The predicted octanol–water partition coefficient (Wildman–Crippen LogP) is 2.01. The third-order valence-electron chi connectivity index (χ3n) is 2.69. The van der Waals surface area contributed by atoms with Crippen molar-refractivity contribution in [1.29, 1.82) is 0 Å². The van der Waals surface area contributed by atoms with E-state index in [0.717, 1.165) is 16.8 Å². The maximum Gasteiger partial charge on any atom is 0.243 e. The van der Waals surface area contributed by atoms with Crippen LogP contribution in [-0.2, 0) is 9.59 Å². The van der Waals surface area contributed by atoms with Gasteiger partial charge in [-0.3, -0.25) is 9.59 Å². The fourth-order valence-electron chi connectivity index (χ4n) is 1.57. The van der Waals surface area contributed by atoms with Crippen molar-refractivity contribution in [2.75, 3.05) is 11.9 Å². The van der Waals surface area contributed by atoms with Crippen molar-refractivity contribution >= 4 is 17.5 Å². The zero-order valence-electron chi connectivity index (χ0n) is 11.3. The number of aryl methyl sites for hydroxylation is 2. The van der Waals surface area contributed by atoms with E-state index < -0.39 is 0 Å². The molecule has 0 aliphatic heterocycles. The quantitative estimate of drug-likeness (QED) is 0.856. The molecule has 0 saturated carbocycles. The molecule has 0 heterocycles. The highest BCUT2D eigenvalue weighted by atomic mass is 16.2. The predicted molar refractivity (Wildman–Crippen MR) is 72.4 cm³/mol. The van der Waals surface area contributed by atoms with Gasteiger partial charge in [0.1, 0.15) is 0 Å². The summed E-state index contributed by atoms with van der Waals surface area (Å²) in [6.07, 6.45) is 0. The largest absolute Gasteiger partial charge is 0.347 e. The van der Waals surface area contributed by atoms with Crippen LogP contribution in [0, 0.1) is 19.8 Å². The van der Waals surface area contributed by atoms with Gasteiger partial charge in [0.15, 0.2) is 0 Å². The number of carbonyl (C=O) groups excluding carboxylic acids is 2. The molecule has 98 valence electrons. The third-order valence-corrected chi connectivity index (χ3v) is 2.69. The van der Waals surface area contributed by atoms with Crippen LogP contribution in [0.5, 0.6) is 0 Å². The normalized spacial score (nSPS) is 10.3. The van der Waals surface area contributed by atoms with E-state index in [9.17, 15) is 9.59 Å². The smallest absolute Gasteiger partial charge is 0.243 e. The molecule has 0 radical (unpaired) electrons. The first-order valence-electron chi connectivity index (χ1n) is 6.05. The monoisotopic (exact) mass is 248 g/mol. The molecule has 4 nitrogen and oxygen atoms in total. The summed E-state index contributed by atoms with van der Waals surface area (Å²) in [7, 11) is 0. The maximum atomic E-state index is 11.7. The molecule has 18 heavy (non-hydrogen) atoms. The Labute approximate surface area is 108 Å². The Balaban J connectivity index is 2.58. The van der Waals surface area contributed by atoms with Crippen molar-refractivity contribution in [2.24, 2.45) is 5.92 Å². The topological polar surface area (TPSA) is 58.2 Å². The van der Waals surface area contributed by atoms with Gasteiger partial charge >= 0.3 is 0 Å². The van der Waals surface area contributed by atoms with Crippen LogP contribution in [0.1, 0.15) is 25.0 Å². The number of amides is 2. The van der Waals surface area contributed by atoms with E-state index in [2.05, 4.69) is 10.6 Å². The summed E-state index contributed by atoms with van der Waals surface area (Å²) in [4.78, 5) is 23.1. The molecule has 0 aromatic heterocycles. The Kier molecular flexibility index (Phi) is 4.89. The van der Waals surface area contributed by atoms with Gasteiger partial charge < -0.3 is 10.6 Å². The van der Waals surface area contributed by atoms with Crippen molar-refractivity contribution < 1.29 is 9.59 Å². The number of anilines is 1. The number of hydrogen-bond donors (Lipinski definition) is 2. The van der Waals surface area contributed by atoms with Gasteiger partial charge in [0, 0.05) is 11.6 Å². The molecule has 0 spiro atoms. The summed E-state index contributed by atoms with van der Waals surface area (Å²) < 4.78 is 0. The Hall–Kier alpha value is -1.84. The molecule has 2 amide bonds. The zero-order valence-corrected chi connectivity index (χ0v) is 11.3. The van der Waals surface area contributed by atoms with Crippen LogP contribution < -0.4 is 10.6 Å². The van der Waals surface area contributed by atoms with E-state index in [-0.39, 0.29) is 24.3 Å². The van der Waals surface area contributed by atoms with Crippen LogP contribution >= 0.6 is 0 Å². The number of hydrogen-bond acceptors (Lipinski definition) is 2. The molecule has 2 N–H and O–H groups in total. The van der Waals surface area contributed by atoms with E-state index >= 15 is 0 Å². The fourth-order valence-corrected chi connectivity index (χ4v) is 1.57. The summed E-state index contributed by atoms with van der Waals surface area (Å²) in [5.74, 6) is -0.439. The molecule has 0 aliphatic rings. The first-order chi connectivity index (χ1) is 8.41. The molecule has 0 unspecified atom stereocenters. The minimum absolute atomic E-state index is 0.00475. The van der Waals surface area contributed by atoms with Crippen LogP contribution in [0.4, 0.5) is 5.69 Å². The first kappa shape index (κ1) is 14.2. The second kappa shape index (κ2) is 6.19. The summed E-state index contributed by atoms with van der Waals surface area (Å²) >= 11 is 0. The highest BCUT2D eigenvalue weighted by Crippen LogP contribution is 2.18. The molecule has 1 aromatic rings. The minimum atomic E-state index is -0.207. The lowest BCUT2D eigenvalue weighted by molar-refractivity contribution is -0.126. The van der Waals surface area contributed by atoms with E-state index in [0.29, 0.717) is 0 Å². The van der Waals surface area contributed by atoms with Gasteiger partial charge in [-0.1, -0.05) is 32.0 Å². The number of carbonyl (C=O) groups is 2. The number of para-hydroxylation sites is 1. The second-order valence-electron chi connectivity index (χ2n) is 4.69. The fraction of sp³-hybridized carbons (Fsp3) is 0.429. The van der Waals surface area contributed by atoms with Gasteiger partial charge in [-0.05, 0) is 25.0 Å². The SMILES string of the molecule is Cc1cccc(C)c1NC(=O)CNC(=O)C(C)C. The van der Waals surface area contributed by atoms with Crippen LogP contribution in [0.25, 0.3) is 0 Å². The highest BCUT2D eigenvalue weighted by Gasteiger charge is 2.10. The molecule has 4 heteroatoms. The second-order valence-corrected chi connectivity index (χ2v) is 4.69. The Morgan fingerprint density at radius 1 is 1.17 bits per heavy atom. The Morgan fingerprint density at radius 2 is 1.72 bits per heavy atom. The summed E-state index contributed by atoms with van der Waals surface area (Å²) in [5, 5.41) is 5.41. The molecule has 0 fully saturated rings. The summed E-state index contributed by atoms with van der Waals surface area (Å²) in [6.45, 7) is 7.47. The zero-order chi connectivity index (χ0) is 13.7. The molecule has 0 aliphatic carbocycles. The Morgan fingerprint density at radius 3 is 2.22 bits per heavy atom. The van der Waals surface area contributed by atoms with E-state index in [1.165, 1.54) is 0 Å². The average Bonchev–Trinajstić information content (AvgIpc) is 2.30. The van der Waals surface area contributed by atoms with Gasteiger partial charge in [0.2, 0.25) is 11.8 Å².